The van der Waals surface area contributed by atoms with Crippen LogP contribution in [-0.2, 0) is 6.18 Å². The fraction of sp³-hybridized carbons (Fsp3) is 0.267. The van der Waals surface area contributed by atoms with Gasteiger partial charge in [-0.25, -0.2) is 0 Å². The standard InChI is InChI=1S/C15H15F3N2/c1-10(19-2)12-6-13(9-20-8-12)11-4-3-5-14(7-11)15(16,17)18/h3-10,19H,1-2H3. The summed E-state index contributed by atoms with van der Waals surface area (Å²) in [5, 5.41) is 3.08. The molecule has 20 heavy (non-hydrogen) atoms. The number of benzene rings is 1. The van der Waals surface area contributed by atoms with Crippen molar-refractivity contribution < 1.29 is 13.2 Å². The van der Waals surface area contributed by atoms with E-state index in [-0.39, 0.29) is 6.04 Å². The first kappa shape index (κ1) is 14.5. The Hall–Kier alpha value is -1.88. The number of aromatic nitrogens is 1. The van der Waals surface area contributed by atoms with Crippen LogP contribution in [0.4, 0.5) is 13.2 Å². The van der Waals surface area contributed by atoms with Gasteiger partial charge in [-0.3, -0.25) is 4.98 Å². The van der Waals surface area contributed by atoms with Crippen molar-refractivity contribution in [3.05, 3.63) is 53.9 Å². The molecule has 2 nitrogen and oxygen atoms in total. The zero-order valence-corrected chi connectivity index (χ0v) is 11.2. The Morgan fingerprint density at radius 2 is 1.85 bits per heavy atom. The van der Waals surface area contributed by atoms with Crippen LogP contribution in [0.1, 0.15) is 24.1 Å². The van der Waals surface area contributed by atoms with Crippen LogP contribution in [0.3, 0.4) is 0 Å². The van der Waals surface area contributed by atoms with Crippen LogP contribution in [0, 0.1) is 0 Å². The van der Waals surface area contributed by atoms with E-state index >= 15 is 0 Å². The molecule has 106 valence electrons. The zero-order valence-electron chi connectivity index (χ0n) is 11.2. The molecule has 0 amide bonds. The van der Waals surface area contributed by atoms with E-state index in [1.54, 1.807) is 18.5 Å². The van der Waals surface area contributed by atoms with Crippen molar-refractivity contribution >= 4 is 0 Å². The molecule has 1 heterocycles. The molecule has 0 radical (unpaired) electrons. The minimum Gasteiger partial charge on any atom is -0.313 e. The summed E-state index contributed by atoms with van der Waals surface area (Å²) in [5.41, 5.74) is 1.47. The molecule has 1 unspecified atom stereocenters. The predicted molar refractivity (Wildman–Crippen MR) is 72.1 cm³/mol. The predicted octanol–water partition coefficient (Wildman–Crippen LogP) is 4.05. The summed E-state index contributed by atoms with van der Waals surface area (Å²) in [4.78, 5) is 4.10. The SMILES string of the molecule is CNC(C)c1cncc(-c2cccc(C(F)(F)F)c2)c1. The number of halogens is 3. The van der Waals surface area contributed by atoms with Crippen molar-refractivity contribution in [2.75, 3.05) is 7.05 Å². The van der Waals surface area contributed by atoms with Gasteiger partial charge in [0, 0.05) is 24.0 Å². The second kappa shape index (κ2) is 5.63. The van der Waals surface area contributed by atoms with Crippen LogP contribution in [0.15, 0.2) is 42.7 Å². The van der Waals surface area contributed by atoms with Crippen LogP contribution >= 0.6 is 0 Å². The third-order valence-corrected chi connectivity index (χ3v) is 3.22. The first-order chi connectivity index (χ1) is 9.41. The van der Waals surface area contributed by atoms with Gasteiger partial charge in [0.05, 0.1) is 5.56 Å². The van der Waals surface area contributed by atoms with Crippen molar-refractivity contribution in [3.8, 4) is 11.1 Å². The Kier molecular flexibility index (Phi) is 4.09. The lowest BCUT2D eigenvalue weighted by Crippen LogP contribution is -2.12. The van der Waals surface area contributed by atoms with Crippen molar-refractivity contribution in [3.63, 3.8) is 0 Å². The molecular weight excluding hydrogens is 265 g/mol. The molecule has 0 spiro atoms. The van der Waals surface area contributed by atoms with Crippen molar-refractivity contribution in [2.24, 2.45) is 0 Å². The van der Waals surface area contributed by atoms with Gasteiger partial charge in [0.25, 0.3) is 0 Å². The highest BCUT2D eigenvalue weighted by atomic mass is 19.4. The van der Waals surface area contributed by atoms with Crippen molar-refractivity contribution in [2.45, 2.75) is 19.1 Å². The van der Waals surface area contributed by atoms with Crippen LogP contribution in [-0.4, -0.2) is 12.0 Å². The molecule has 1 aromatic heterocycles. The Labute approximate surface area is 115 Å². The zero-order chi connectivity index (χ0) is 14.8. The second-order valence-corrected chi connectivity index (χ2v) is 4.60. The lowest BCUT2D eigenvalue weighted by molar-refractivity contribution is -0.137. The Morgan fingerprint density at radius 3 is 2.50 bits per heavy atom. The molecule has 1 atom stereocenters. The minimum atomic E-state index is -4.33. The first-order valence-electron chi connectivity index (χ1n) is 6.21. The molecule has 0 aliphatic heterocycles. The maximum Gasteiger partial charge on any atom is 0.416 e. The maximum atomic E-state index is 12.7. The minimum absolute atomic E-state index is 0.0910. The number of nitrogens with zero attached hydrogens (tertiary/aromatic N) is 1. The third-order valence-electron chi connectivity index (χ3n) is 3.22. The highest BCUT2D eigenvalue weighted by Crippen LogP contribution is 2.32. The number of rotatable bonds is 3. The van der Waals surface area contributed by atoms with Gasteiger partial charge in [0.15, 0.2) is 0 Å². The summed E-state index contributed by atoms with van der Waals surface area (Å²) in [6.07, 6.45) is -1.06. The van der Waals surface area contributed by atoms with E-state index in [0.717, 1.165) is 17.7 Å². The summed E-state index contributed by atoms with van der Waals surface area (Å²) in [7, 11) is 1.82. The van der Waals surface area contributed by atoms with Crippen LogP contribution in [0.2, 0.25) is 0 Å². The number of pyridine rings is 1. The summed E-state index contributed by atoms with van der Waals surface area (Å²) in [6.45, 7) is 1.97. The summed E-state index contributed by atoms with van der Waals surface area (Å²) < 4.78 is 38.2. The number of hydrogen-bond donors (Lipinski definition) is 1. The fourth-order valence-corrected chi connectivity index (χ4v) is 1.89. The Morgan fingerprint density at radius 1 is 1.10 bits per heavy atom. The van der Waals surface area contributed by atoms with Gasteiger partial charge in [-0.1, -0.05) is 12.1 Å². The Bertz CT molecular complexity index is 594. The van der Waals surface area contributed by atoms with Crippen molar-refractivity contribution in [1.29, 1.82) is 0 Å². The monoisotopic (exact) mass is 280 g/mol. The van der Waals surface area contributed by atoms with Crippen LogP contribution in [0.5, 0.6) is 0 Å². The third kappa shape index (κ3) is 3.17. The van der Waals surface area contributed by atoms with E-state index in [9.17, 15) is 13.2 Å². The second-order valence-electron chi connectivity index (χ2n) is 4.60. The molecule has 0 bridgehead atoms. The number of hydrogen-bond acceptors (Lipinski definition) is 2. The molecule has 0 aliphatic rings. The van der Waals surface area contributed by atoms with E-state index in [1.807, 2.05) is 20.0 Å². The molecular formula is C15H15F3N2. The van der Waals surface area contributed by atoms with Gasteiger partial charge in [-0.15, -0.1) is 0 Å². The smallest absolute Gasteiger partial charge is 0.313 e. The van der Waals surface area contributed by atoms with Gasteiger partial charge in [-0.05, 0) is 43.3 Å². The highest BCUT2D eigenvalue weighted by Gasteiger charge is 2.30. The fourth-order valence-electron chi connectivity index (χ4n) is 1.89. The molecule has 5 heteroatoms. The number of alkyl halides is 3. The molecule has 2 rings (SSSR count). The quantitative estimate of drug-likeness (QED) is 0.917. The molecule has 2 aromatic rings. The maximum absolute atomic E-state index is 12.7. The molecule has 1 aromatic carbocycles. The average Bonchev–Trinajstić information content (AvgIpc) is 2.46. The molecule has 0 saturated heterocycles. The molecule has 0 aliphatic carbocycles. The lowest BCUT2D eigenvalue weighted by atomic mass is 10.0. The van der Waals surface area contributed by atoms with E-state index in [2.05, 4.69) is 10.3 Å². The van der Waals surface area contributed by atoms with E-state index in [4.69, 9.17) is 0 Å². The molecule has 0 fully saturated rings. The first-order valence-corrected chi connectivity index (χ1v) is 6.21. The van der Waals surface area contributed by atoms with Gasteiger partial charge in [-0.2, -0.15) is 13.2 Å². The summed E-state index contributed by atoms with van der Waals surface area (Å²) >= 11 is 0. The van der Waals surface area contributed by atoms with Gasteiger partial charge < -0.3 is 5.32 Å². The molecule has 0 saturated carbocycles. The van der Waals surface area contributed by atoms with Crippen LogP contribution < -0.4 is 5.32 Å². The van der Waals surface area contributed by atoms with E-state index in [0.29, 0.717) is 11.1 Å². The average molecular weight is 280 g/mol. The molecule has 1 N–H and O–H groups in total. The van der Waals surface area contributed by atoms with Crippen molar-refractivity contribution in [1.82, 2.24) is 10.3 Å². The van der Waals surface area contributed by atoms with E-state index < -0.39 is 11.7 Å². The topological polar surface area (TPSA) is 24.9 Å². The lowest BCUT2D eigenvalue weighted by Gasteiger charge is -2.12. The summed E-state index contributed by atoms with van der Waals surface area (Å²) in [6, 6.07) is 7.21. The van der Waals surface area contributed by atoms with Gasteiger partial charge in [0.1, 0.15) is 0 Å². The highest BCUT2D eigenvalue weighted by molar-refractivity contribution is 5.64. The largest absolute Gasteiger partial charge is 0.416 e. The normalized spacial score (nSPS) is 13.2. The summed E-state index contributed by atoms with van der Waals surface area (Å²) in [5.74, 6) is 0. The van der Waals surface area contributed by atoms with Gasteiger partial charge in [0.2, 0.25) is 0 Å². The van der Waals surface area contributed by atoms with Crippen LogP contribution in [0.25, 0.3) is 11.1 Å². The van der Waals surface area contributed by atoms with Gasteiger partial charge >= 0.3 is 6.18 Å². The Balaban J connectivity index is 2.42. The van der Waals surface area contributed by atoms with E-state index in [1.165, 1.54) is 6.07 Å². The number of nitrogens with one attached hydrogen (secondary N) is 1.